The zero-order valence-corrected chi connectivity index (χ0v) is 6.88. The van der Waals surface area contributed by atoms with Gasteiger partial charge in [0.25, 0.3) is 0 Å². The number of rotatable bonds is 2. The molecule has 1 aliphatic rings. The first-order valence-electron chi connectivity index (χ1n) is 4.04. The number of hydrogen-bond donors (Lipinski definition) is 0. The second-order valence-corrected chi connectivity index (χ2v) is 2.93. The molecule has 0 aromatic carbocycles. The van der Waals surface area contributed by atoms with Crippen molar-refractivity contribution in [3.63, 3.8) is 0 Å². The van der Waals surface area contributed by atoms with Gasteiger partial charge in [0.05, 0.1) is 0 Å². The summed E-state index contributed by atoms with van der Waals surface area (Å²) >= 11 is 0. The van der Waals surface area contributed by atoms with Crippen LogP contribution in [-0.4, -0.2) is 19.5 Å². The van der Waals surface area contributed by atoms with Gasteiger partial charge >= 0.3 is 0 Å². The minimum atomic E-state index is 0.578. The molecule has 0 saturated carbocycles. The minimum Gasteiger partial charge on any atom is -0.381 e. The van der Waals surface area contributed by atoms with Gasteiger partial charge in [0, 0.05) is 13.2 Å². The third kappa shape index (κ3) is 2.46. The fourth-order valence-corrected chi connectivity index (χ4v) is 1.40. The number of aldehydes is 1. The van der Waals surface area contributed by atoms with Crippen LogP contribution >= 0.6 is 0 Å². The highest BCUT2D eigenvalue weighted by Gasteiger charge is 2.14. The summed E-state index contributed by atoms with van der Waals surface area (Å²) in [4.78, 5) is 10.2. The van der Waals surface area contributed by atoms with Crippen molar-refractivity contribution in [2.24, 2.45) is 5.92 Å². The Bertz CT molecular complexity index is 155. The van der Waals surface area contributed by atoms with E-state index in [1.807, 2.05) is 6.92 Å². The van der Waals surface area contributed by atoms with Gasteiger partial charge in [-0.25, -0.2) is 0 Å². The predicted octanol–water partition coefficient (Wildman–Crippen LogP) is 1.56. The summed E-state index contributed by atoms with van der Waals surface area (Å²) in [5.41, 5.74) is 1.20. The predicted molar refractivity (Wildman–Crippen MR) is 43.4 cm³/mol. The fourth-order valence-electron chi connectivity index (χ4n) is 1.40. The summed E-state index contributed by atoms with van der Waals surface area (Å²) in [5.74, 6) is 0.578. The SMILES string of the molecule is CC(=CC=O)C1CCOCC1. The molecule has 0 N–H and O–H groups in total. The lowest BCUT2D eigenvalue weighted by Crippen LogP contribution is -2.16. The molecule has 62 valence electrons. The highest BCUT2D eigenvalue weighted by Crippen LogP contribution is 2.21. The standard InChI is InChI=1S/C9H14O2/c1-8(2-5-10)9-3-6-11-7-4-9/h2,5,9H,3-4,6-7H2,1H3. The van der Waals surface area contributed by atoms with Gasteiger partial charge in [0.2, 0.25) is 0 Å². The molecule has 1 heterocycles. The van der Waals surface area contributed by atoms with Gasteiger partial charge < -0.3 is 4.74 Å². The molecule has 0 aliphatic carbocycles. The molecule has 1 aliphatic heterocycles. The third-order valence-corrected chi connectivity index (χ3v) is 2.20. The summed E-state index contributed by atoms with van der Waals surface area (Å²) < 4.78 is 5.21. The second kappa shape index (κ2) is 4.29. The van der Waals surface area contributed by atoms with Gasteiger partial charge in [-0.3, -0.25) is 4.79 Å². The first kappa shape index (κ1) is 8.47. The lowest BCUT2D eigenvalue weighted by Gasteiger charge is -2.22. The Labute approximate surface area is 67.2 Å². The van der Waals surface area contributed by atoms with Crippen molar-refractivity contribution in [1.29, 1.82) is 0 Å². The normalized spacial score (nSPS) is 21.7. The van der Waals surface area contributed by atoms with Crippen LogP contribution in [-0.2, 0) is 9.53 Å². The van der Waals surface area contributed by atoms with E-state index in [0.717, 1.165) is 32.3 Å². The Morgan fingerprint density at radius 2 is 2.09 bits per heavy atom. The Morgan fingerprint density at radius 1 is 1.45 bits per heavy atom. The summed E-state index contributed by atoms with van der Waals surface area (Å²) in [6, 6.07) is 0. The van der Waals surface area contributed by atoms with Crippen molar-refractivity contribution >= 4 is 6.29 Å². The minimum absolute atomic E-state index is 0.578. The molecule has 1 rings (SSSR count). The molecule has 0 unspecified atom stereocenters. The van der Waals surface area contributed by atoms with E-state index in [-0.39, 0.29) is 0 Å². The van der Waals surface area contributed by atoms with E-state index in [1.165, 1.54) is 5.57 Å². The topological polar surface area (TPSA) is 26.3 Å². The van der Waals surface area contributed by atoms with E-state index in [2.05, 4.69) is 0 Å². The highest BCUT2D eigenvalue weighted by atomic mass is 16.5. The van der Waals surface area contributed by atoms with Crippen LogP contribution in [0.5, 0.6) is 0 Å². The van der Waals surface area contributed by atoms with Crippen LogP contribution in [0.25, 0.3) is 0 Å². The van der Waals surface area contributed by atoms with Gasteiger partial charge in [-0.15, -0.1) is 0 Å². The molecule has 2 nitrogen and oxygen atoms in total. The number of carbonyl (C=O) groups excluding carboxylic acids is 1. The fraction of sp³-hybridized carbons (Fsp3) is 0.667. The molecular formula is C9H14O2. The molecular weight excluding hydrogens is 140 g/mol. The third-order valence-electron chi connectivity index (χ3n) is 2.20. The second-order valence-electron chi connectivity index (χ2n) is 2.93. The summed E-state index contributed by atoms with van der Waals surface area (Å²) in [6.45, 7) is 3.70. The van der Waals surface area contributed by atoms with Crippen LogP contribution in [0.3, 0.4) is 0 Å². The molecule has 0 bridgehead atoms. The van der Waals surface area contributed by atoms with E-state index in [1.54, 1.807) is 6.08 Å². The number of allylic oxidation sites excluding steroid dienone is 2. The van der Waals surface area contributed by atoms with Gasteiger partial charge in [0.15, 0.2) is 0 Å². The Balaban J connectivity index is 2.44. The average Bonchev–Trinajstić information content (AvgIpc) is 2.07. The zero-order valence-electron chi connectivity index (χ0n) is 6.88. The van der Waals surface area contributed by atoms with Crippen molar-refractivity contribution in [2.45, 2.75) is 19.8 Å². The molecule has 2 heteroatoms. The highest BCUT2D eigenvalue weighted by molar-refractivity contribution is 5.66. The smallest absolute Gasteiger partial charge is 0.142 e. The van der Waals surface area contributed by atoms with Crippen LogP contribution in [0.1, 0.15) is 19.8 Å². The van der Waals surface area contributed by atoms with Gasteiger partial charge in [-0.2, -0.15) is 0 Å². The maximum absolute atomic E-state index is 10.2. The molecule has 0 amide bonds. The van der Waals surface area contributed by atoms with E-state index in [0.29, 0.717) is 5.92 Å². The van der Waals surface area contributed by atoms with Crippen molar-refractivity contribution in [3.8, 4) is 0 Å². The average molecular weight is 154 g/mol. The van der Waals surface area contributed by atoms with Crippen molar-refractivity contribution < 1.29 is 9.53 Å². The molecule has 1 fully saturated rings. The van der Waals surface area contributed by atoms with E-state index in [4.69, 9.17) is 4.74 Å². The van der Waals surface area contributed by atoms with Gasteiger partial charge in [-0.1, -0.05) is 5.57 Å². The maximum atomic E-state index is 10.2. The molecule has 0 aromatic rings. The van der Waals surface area contributed by atoms with E-state index in [9.17, 15) is 4.79 Å². The summed E-state index contributed by atoms with van der Waals surface area (Å²) in [6.07, 6.45) is 4.66. The van der Waals surface area contributed by atoms with Crippen LogP contribution in [0.4, 0.5) is 0 Å². The van der Waals surface area contributed by atoms with Crippen LogP contribution in [0.2, 0.25) is 0 Å². The zero-order chi connectivity index (χ0) is 8.10. The molecule has 0 radical (unpaired) electrons. The molecule has 0 atom stereocenters. The van der Waals surface area contributed by atoms with Crippen LogP contribution < -0.4 is 0 Å². The number of ether oxygens (including phenoxy) is 1. The molecule has 1 saturated heterocycles. The first-order valence-corrected chi connectivity index (χ1v) is 4.04. The Hall–Kier alpha value is -0.630. The van der Waals surface area contributed by atoms with Crippen LogP contribution in [0, 0.1) is 5.92 Å². The molecule has 0 spiro atoms. The lowest BCUT2D eigenvalue weighted by atomic mass is 9.92. The van der Waals surface area contributed by atoms with Crippen molar-refractivity contribution in [3.05, 3.63) is 11.6 Å². The first-order chi connectivity index (χ1) is 5.34. The monoisotopic (exact) mass is 154 g/mol. The van der Waals surface area contributed by atoms with Crippen LogP contribution in [0.15, 0.2) is 11.6 Å². The molecule has 11 heavy (non-hydrogen) atoms. The summed E-state index contributed by atoms with van der Waals surface area (Å²) in [7, 11) is 0. The van der Waals surface area contributed by atoms with E-state index < -0.39 is 0 Å². The van der Waals surface area contributed by atoms with E-state index >= 15 is 0 Å². The van der Waals surface area contributed by atoms with Crippen molar-refractivity contribution in [1.82, 2.24) is 0 Å². The maximum Gasteiger partial charge on any atom is 0.142 e. The lowest BCUT2D eigenvalue weighted by molar-refractivity contribution is -0.104. The largest absolute Gasteiger partial charge is 0.381 e. The Morgan fingerprint density at radius 3 is 2.64 bits per heavy atom. The van der Waals surface area contributed by atoms with Crippen molar-refractivity contribution in [2.75, 3.05) is 13.2 Å². The quantitative estimate of drug-likeness (QED) is 0.445. The Kier molecular flexibility index (Phi) is 3.30. The number of hydrogen-bond acceptors (Lipinski definition) is 2. The summed E-state index contributed by atoms with van der Waals surface area (Å²) in [5, 5.41) is 0. The van der Waals surface area contributed by atoms with Gasteiger partial charge in [-0.05, 0) is 31.8 Å². The number of carbonyl (C=O) groups is 1. The van der Waals surface area contributed by atoms with Gasteiger partial charge in [0.1, 0.15) is 6.29 Å². The molecule has 0 aromatic heterocycles.